The molecule has 6 heteroatoms. The number of fused-ring (bicyclic) bond motifs is 1. The number of anilines is 2. The molecule has 0 bridgehead atoms. The number of pyridine rings is 1. The summed E-state index contributed by atoms with van der Waals surface area (Å²) in [6.45, 7) is 0. The maximum absolute atomic E-state index is 12.7. The van der Waals surface area contributed by atoms with Gasteiger partial charge in [-0.25, -0.2) is 4.98 Å². The van der Waals surface area contributed by atoms with E-state index in [1.54, 1.807) is 36.4 Å². The fourth-order valence-corrected chi connectivity index (χ4v) is 3.54. The number of nitrogens with zero attached hydrogens (tertiary/aromatic N) is 1. The maximum Gasteiger partial charge on any atom is 0.270 e. The van der Waals surface area contributed by atoms with E-state index in [2.05, 4.69) is 27.8 Å². The molecular weight excluding hydrogens is 362 g/mol. The lowest BCUT2D eigenvalue weighted by Gasteiger charge is -2.13. The largest absolute Gasteiger partial charge is 0.508 e. The molecule has 1 heterocycles. The molecule has 5 nitrogen and oxygen atoms in total. The third-order valence-corrected chi connectivity index (χ3v) is 4.75. The van der Waals surface area contributed by atoms with Crippen molar-refractivity contribution in [2.45, 2.75) is 18.9 Å². The van der Waals surface area contributed by atoms with Crippen LogP contribution in [-0.4, -0.2) is 22.0 Å². The molecule has 3 N–H and O–H groups in total. The Morgan fingerprint density at radius 2 is 1.78 bits per heavy atom. The fraction of sp³-hybridized carbons (Fsp3) is 0.143. The van der Waals surface area contributed by atoms with Crippen molar-refractivity contribution in [3.8, 4) is 5.75 Å². The van der Waals surface area contributed by atoms with Crippen LogP contribution in [-0.2, 0) is 12.8 Å². The SMILES string of the molecule is O=C(NC1Cc2ccccc2C1)c1cc(Cl)cc(Nc2cccc(O)c2)n1. The van der Waals surface area contributed by atoms with Crippen LogP contribution in [0.25, 0.3) is 0 Å². The quantitative estimate of drug-likeness (QED) is 0.638. The monoisotopic (exact) mass is 379 g/mol. The van der Waals surface area contributed by atoms with Crippen LogP contribution in [0.5, 0.6) is 5.75 Å². The fourth-order valence-electron chi connectivity index (χ4n) is 3.33. The van der Waals surface area contributed by atoms with Crippen LogP contribution in [0.3, 0.4) is 0 Å². The standard InChI is InChI=1S/C21H18ClN3O2/c22-15-10-19(25-20(11-15)23-16-6-3-7-18(26)12-16)21(27)24-17-8-13-4-1-2-5-14(13)9-17/h1-7,10-12,17,26H,8-9H2,(H,23,25)(H,24,27). The van der Waals surface area contributed by atoms with E-state index in [1.807, 2.05) is 12.1 Å². The zero-order valence-electron chi connectivity index (χ0n) is 14.4. The van der Waals surface area contributed by atoms with Gasteiger partial charge in [0.2, 0.25) is 0 Å². The first-order valence-electron chi connectivity index (χ1n) is 8.68. The Morgan fingerprint density at radius 1 is 1.04 bits per heavy atom. The van der Waals surface area contributed by atoms with Crippen molar-refractivity contribution in [2.75, 3.05) is 5.32 Å². The molecule has 1 aliphatic rings. The molecule has 0 aliphatic heterocycles. The number of carbonyl (C=O) groups is 1. The van der Waals surface area contributed by atoms with Gasteiger partial charge in [0, 0.05) is 22.8 Å². The van der Waals surface area contributed by atoms with Crippen molar-refractivity contribution < 1.29 is 9.90 Å². The lowest BCUT2D eigenvalue weighted by atomic mass is 10.1. The summed E-state index contributed by atoms with van der Waals surface area (Å²) in [5.41, 5.74) is 3.45. The van der Waals surface area contributed by atoms with E-state index >= 15 is 0 Å². The molecule has 1 aromatic heterocycles. The second-order valence-corrected chi connectivity index (χ2v) is 7.01. The Hall–Kier alpha value is -3.05. The van der Waals surface area contributed by atoms with Crippen LogP contribution in [0, 0.1) is 0 Å². The molecule has 0 atom stereocenters. The third kappa shape index (κ3) is 4.04. The number of hydrogen-bond acceptors (Lipinski definition) is 4. The first kappa shape index (κ1) is 17.4. The summed E-state index contributed by atoms with van der Waals surface area (Å²) in [7, 11) is 0. The van der Waals surface area contributed by atoms with Gasteiger partial charge >= 0.3 is 0 Å². The van der Waals surface area contributed by atoms with Gasteiger partial charge in [-0.3, -0.25) is 4.79 Å². The van der Waals surface area contributed by atoms with Gasteiger partial charge in [-0.2, -0.15) is 0 Å². The molecule has 27 heavy (non-hydrogen) atoms. The molecule has 0 unspecified atom stereocenters. The number of phenolic OH excluding ortho intramolecular Hbond substituents is 1. The highest BCUT2D eigenvalue weighted by atomic mass is 35.5. The number of nitrogens with one attached hydrogen (secondary N) is 2. The molecule has 1 aliphatic carbocycles. The smallest absolute Gasteiger partial charge is 0.270 e. The Labute approximate surface area is 162 Å². The average molecular weight is 380 g/mol. The van der Waals surface area contributed by atoms with Crippen LogP contribution >= 0.6 is 11.6 Å². The van der Waals surface area contributed by atoms with Crippen molar-refractivity contribution in [2.24, 2.45) is 0 Å². The normalized spacial score (nSPS) is 13.2. The summed E-state index contributed by atoms with van der Waals surface area (Å²) in [4.78, 5) is 17.0. The molecule has 136 valence electrons. The van der Waals surface area contributed by atoms with Gasteiger partial charge in [-0.15, -0.1) is 0 Å². The maximum atomic E-state index is 12.7. The number of phenols is 1. The van der Waals surface area contributed by atoms with Crippen LogP contribution < -0.4 is 10.6 Å². The van der Waals surface area contributed by atoms with Crippen molar-refractivity contribution in [1.82, 2.24) is 10.3 Å². The Morgan fingerprint density at radius 3 is 2.48 bits per heavy atom. The predicted octanol–water partition coefficient (Wildman–Crippen LogP) is 4.08. The van der Waals surface area contributed by atoms with Crippen LogP contribution in [0.15, 0.2) is 60.7 Å². The number of halogens is 1. The van der Waals surface area contributed by atoms with Gasteiger partial charge in [0.25, 0.3) is 5.91 Å². The summed E-state index contributed by atoms with van der Waals surface area (Å²) in [5.74, 6) is 0.322. The molecule has 2 aromatic carbocycles. The number of aromatic nitrogens is 1. The van der Waals surface area contributed by atoms with E-state index in [4.69, 9.17) is 11.6 Å². The highest BCUT2D eigenvalue weighted by Crippen LogP contribution is 2.24. The van der Waals surface area contributed by atoms with E-state index in [0.29, 0.717) is 16.5 Å². The topological polar surface area (TPSA) is 74.2 Å². The van der Waals surface area contributed by atoms with Gasteiger partial charge in [0.1, 0.15) is 17.3 Å². The molecule has 0 radical (unpaired) electrons. The van der Waals surface area contributed by atoms with Crippen LogP contribution in [0.1, 0.15) is 21.6 Å². The minimum Gasteiger partial charge on any atom is -0.508 e. The van der Waals surface area contributed by atoms with E-state index < -0.39 is 0 Å². The predicted molar refractivity (Wildman–Crippen MR) is 106 cm³/mol. The van der Waals surface area contributed by atoms with E-state index in [-0.39, 0.29) is 23.4 Å². The first-order valence-corrected chi connectivity index (χ1v) is 9.06. The Balaban J connectivity index is 1.48. The second-order valence-electron chi connectivity index (χ2n) is 6.58. The Bertz CT molecular complexity index is 981. The summed E-state index contributed by atoms with van der Waals surface area (Å²) in [6.07, 6.45) is 1.63. The van der Waals surface area contributed by atoms with Crippen molar-refractivity contribution >= 4 is 29.0 Å². The molecule has 0 spiro atoms. The molecule has 1 amide bonds. The molecule has 0 saturated heterocycles. The zero-order valence-corrected chi connectivity index (χ0v) is 15.2. The zero-order chi connectivity index (χ0) is 18.8. The van der Waals surface area contributed by atoms with Crippen LogP contribution in [0.4, 0.5) is 11.5 Å². The molecular formula is C21H18ClN3O2. The number of hydrogen-bond donors (Lipinski definition) is 3. The van der Waals surface area contributed by atoms with Crippen molar-refractivity contribution in [1.29, 1.82) is 0 Å². The van der Waals surface area contributed by atoms with E-state index in [9.17, 15) is 9.90 Å². The number of aromatic hydroxyl groups is 1. The number of carbonyl (C=O) groups excluding carboxylic acids is 1. The van der Waals surface area contributed by atoms with Crippen LogP contribution in [0.2, 0.25) is 5.02 Å². The third-order valence-electron chi connectivity index (χ3n) is 4.53. The molecule has 4 rings (SSSR count). The minimum absolute atomic E-state index is 0.0539. The summed E-state index contributed by atoms with van der Waals surface area (Å²) >= 11 is 6.17. The number of rotatable bonds is 4. The number of amides is 1. The molecule has 0 saturated carbocycles. The lowest BCUT2D eigenvalue weighted by Crippen LogP contribution is -2.35. The first-order chi connectivity index (χ1) is 13.1. The van der Waals surface area contributed by atoms with E-state index in [0.717, 1.165) is 12.8 Å². The van der Waals surface area contributed by atoms with Gasteiger partial charge < -0.3 is 15.7 Å². The minimum atomic E-state index is -0.255. The lowest BCUT2D eigenvalue weighted by molar-refractivity contribution is 0.0933. The summed E-state index contributed by atoms with van der Waals surface area (Å²) in [5, 5.41) is 16.1. The van der Waals surface area contributed by atoms with Gasteiger partial charge in [-0.05, 0) is 48.2 Å². The second kappa shape index (κ2) is 7.29. The molecule has 3 aromatic rings. The highest BCUT2D eigenvalue weighted by molar-refractivity contribution is 6.31. The highest BCUT2D eigenvalue weighted by Gasteiger charge is 2.23. The van der Waals surface area contributed by atoms with Gasteiger partial charge in [0.05, 0.1) is 0 Å². The molecule has 0 fully saturated rings. The van der Waals surface area contributed by atoms with Crippen molar-refractivity contribution in [3.63, 3.8) is 0 Å². The van der Waals surface area contributed by atoms with Gasteiger partial charge in [-0.1, -0.05) is 41.9 Å². The number of benzene rings is 2. The Kier molecular flexibility index (Phi) is 4.69. The average Bonchev–Trinajstić information content (AvgIpc) is 3.03. The van der Waals surface area contributed by atoms with Gasteiger partial charge in [0.15, 0.2) is 0 Å². The summed E-state index contributed by atoms with van der Waals surface area (Å²) < 4.78 is 0. The van der Waals surface area contributed by atoms with Crippen molar-refractivity contribution in [3.05, 3.63) is 82.5 Å². The van der Waals surface area contributed by atoms with E-state index in [1.165, 1.54) is 11.1 Å². The summed E-state index contributed by atoms with van der Waals surface area (Å²) in [6, 6.07) is 18.1.